The third kappa shape index (κ3) is 3.04. The van der Waals surface area contributed by atoms with Gasteiger partial charge < -0.3 is 9.80 Å². The predicted octanol–water partition coefficient (Wildman–Crippen LogP) is 2.32. The Morgan fingerprint density at radius 3 is 2.57 bits per heavy atom. The van der Waals surface area contributed by atoms with Gasteiger partial charge in [-0.25, -0.2) is 0 Å². The normalized spacial score (nSPS) is 15.7. The molecule has 2 amide bonds. The van der Waals surface area contributed by atoms with Crippen molar-refractivity contribution in [2.75, 3.05) is 20.1 Å². The van der Waals surface area contributed by atoms with Gasteiger partial charge in [-0.1, -0.05) is 24.3 Å². The van der Waals surface area contributed by atoms with Crippen LogP contribution in [0.2, 0.25) is 0 Å². The Kier molecular flexibility index (Phi) is 4.28. The molecule has 1 saturated heterocycles. The van der Waals surface area contributed by atoms with E-state index in [2.05, 4.69) is 4.98 Å². The lowest BCUT2D eigenvalue weighted by molar-refractivity contribution is -0.130. The molecular formula is C18H21N3O2. The summed E-state index contributed by atoms with van der Waals surface area (Å²) in [6.45, 7) is 2.90. The average molecular weight is 311 g/mol. The van der Waals surface area contributed by atoms with Gasteiger partial charge in [0.05, 0.1) is 0 Å². The number of piperidine rings is 1. The zero-order valence-electron chi connectivity index (χ0n) is 13.5. The van der Waals surface area contributed by atoms with Gasteiger partial charge in [0.2, 0.25) is 5.91 Å². The lowest BCUT2D eigenvalue weighted by atomic mass is 10.0. The molecule has 0 saturated carbocycles. The fourth-order valence-electron chi connectivity index (χ4n) is 3.15. The van der Waals surface area contributed by atoms with Gasteiger partial charge in [0, 0.05) is 44.7 Å². The second-order valence-corrected chi connectivity index (χ2v) is 6.03. The van der Waals surface area contributed by atoms with Crippen LogP contribution in [0.15, 0.2) is 36.5 Å². The second-order valence-electron chi connectivity index (χ2n) is 6.03. The van der Waals surface area contributed by atoms with Crippen molar-refractivity contribution in [2.45, 2.75) is 25.8 Å². The maximum absolute atomic E-state index is 12.8. The van der Waals surface area contributed by atoms with E-state index in [1.54, 1.807) is 18.0 Å². The van der Waals surface area contributed by atoms with Gasteiger partial charge in [0.1, 0.15) is 5.69 Å². The molecule has 1 fully saturated rings. The molecule has 23 heavy (non-hydrogen) atoms. The summed E-state index contributed by atoms with van der Waals surface area (Å²) in [5, 5.41) is 1.92. The number of rotatable bonds is 2. The van der Waals surface area contributed by atoms with E-state index >= 15 is 0 Å². The van der Waals surface area contributed by atoms with Crippen LogP contribution in [0.3, 0.4) is 0 Å². The third-order valence-corrected chi connectivity index (χ3v) is 4.67. The van der Waals surface area contributed by atoms with E-state index < -0.39 is 0 Å². The van der Waals surface area contributed by atoms with E-state index in [1.807, 2.05) is 42.3 Å². The van der Waals surface area contributed by atoms with Crippen LogP contribution in [0.25, 0.3) is 10.8 Å². The van der Waals surface area contributed by atoms with E-state index in [-0.39, 0.29) is 17.9 Å². The summed E-state index contributed by atoms with van der Waals surface area (Å²) in [5.41, 5.74) is 0.515. The number of hydrogen-bond donors (Lipinski definition) is 0. The largest absolute Gasteiger partial charge is 0.343 e. The number of aromatic nitrogens is 1. The lowest BCUT2D eigenvalue weighted by Gasteiger charge is -2.36. The van der Waals surface area contributed by atoms with Crippen molar-refractivity contribution in [3.8, 4) is 0 Å². The van der Waals surface area contributed by atoms with Crippen molar-refractivity contribution in [1.82, 2.24) is 14.8 Å². The number of carbonyl (C=O) groups is 2. The maximum Gasteiger partial charge on any atom is 0.273 e. The molecule has 0 unspecified atom stereocenters. The highest BCUT2D eigenvalue weighted by atomic mass is 16.2. The fraction of sp³-hybridized carbons (Fsp3) is 0.389. The van der Waals surface area contributed by atoms with E-state index in [0.29, 0.717) is 18.8 Å². The highest BCUT2D eigenvalue weighted by Gasteiger charge is 2.27. The topological polar surface area (TPSA) is 53.5 Å². The first-order valence-electron chi connectivity index (χ1n) is 7.94. The molecule has 5 nitrogen and oxygen atoms in total. The van der Waals surface area contributed by atoms with Crippen LogP contribution in [0.5, 0.6) is 0 Å². The molecule has 2 aromatic rings. The van der Waals surface area contributed by atoms with Gasteiger partial charge in [0.15, 0.2) is 0 Å². The lowest BCUT2D eigenvalue weighted by Crippen LogP contribution is -2.46. The average Bonchev–Trinajstić information content (AvgIpc) is 2.60. The summed E-state index contributed by atoms with van der Waals surface area (Å²) in [6, 6.07) is 9.94. The summed E-state index contributed by atoms with van der Waals surface area (Å²) >= 11 is 0. The molecule has 0 aliphatic carbocycles. The summed E-state index contributed by atoms with van der Waals surface area (Å²) in [4.78, 5) is 32.2. The first-order chi connectivity index (χ1) is 11.1. The maximum atomic E-state index is 12.8. The number of pyridine rings is 1. The Morgan fingerprint density at radius 1 is 1.17 bits per heavy atom. The van der Waals surface area contributed by atoms with Crippen LogP contribution in [0, 0.1) is 0 Å². The second kappa shape index (κ2) is 6.36. The summed E-state index contributed by atoms with van der Waals surface area (Å²) in [7, 11) is 1.83. The first-order valence-corrected chi connectivity index (χ1v) is 7.94. The monoisotopic (exact) mass is 311 g/mol. The summed E-state index contributed by atoms with van der Waals surface area (Å²) < 4.78 is 0. The zero-order valence-corrected chi connectivity index (χ0v) is 13.5. The summed E-state index contributed by atoms with van der Waals surface area (Å²) in [5.74, 6) is 0.0521. The number of benzene rings is 1. The van der Waals surface area contributed by atoms with Gasteiger partial charge in [-0.2, -0.15) is 0 Å². The van der Waals surface area contributed by atoms with Gasteiger partial charge >= 0.3 is 0 Å². The van der Waals surface area contributed by atoms with E-state index in [4.69, 9.17) is 0 Å². The molecule has 1 aromatic heterocycles. The molecular weight excluding hydrogens is 290 g/mol. The molecule has 5 heteroatoms. The number of likely N-dealkylation sites (tertiary alicyclic amines) is 1. The van der Waals surface area contributed by atoms with E-state index in [0.717, 1.165) is 23.6 Å². The minimum absolute atomic E-state index is 0.0225. The molecule has 1 aliphatic rings. The Bertz CT molecular complexity index is 731. The van der Waals surface area contributed by atoms with Gasteiger partial charge in [-0.15, -0.1) is 0 Å². The Morgan fingerprint density at radius 2 is 1.87 bits per heavy atom. The van der Waals surface area contributed by atoms with Crippen molar-refractivity contribution in [3.63, 3.8) is 0 Å². The molecule has 1 aromatic carbocycles. The van der Waals surface area contributed by atoms with E-state index in [1.165, 1.54) is 0 Å². The molecule has 0 spiro atoms. The number of carbonyl (C=O) groups excluding carboxylic acids is 2. The van der Waals surface area contributed by atoms with Gasteiger partial charge in [0.25, 0.3) is 5.91 Å². The SMILES string of the molecule is CC(=O)N(C)C1CCN(C(=O)c2nccc3ccccc23)CC1. The zero-order chi connectivity index (χ0) is 16.4. The van der Waals surface area contributed by atoms with Crippen molar-refractivity contribution >= 4 is 22.6 Å². The molecule has 120 valence electrons. The van der Waals surface area contributed by atoms with Crippen molar-refractivity contribution < 1.29 is 9.59 Å². The minimum Gasteiger partial charge on any atom is -0.343 e. The van der Waals surface area contributed by atoms with E-state index in [9.17, 15) is 9.59 Å². The standard InChI is InChI=1S/C18H21N3O2/c1-13(22)20(2)15-8-11-21(12-9-15)18(23)17-16-6-4-3-5-14(16)7-10-19-17/h3-7,10,15H,8-9,11-12H2,1-2H3. The number of hydrogen-bond acceptors (Lipinski definition) is 3. The van der Waals surface area contributed by atoms with Crippen LogP contribution in [0.1, 0.15) is 30.3 Å². The third-order valence-electron chi connectivity index (χ3n) is 4.67. The Balaban J connectivity index is 1.76. The number of amides is 2. The first kappa shape index (κ1) is 15.5. The van der Waals surface area contributed by atoms with Crippen LogP contribution < -0.4 is 0 Å². The fourth-order valence-corrected chi connectivity index (χ4v) is 3.15. The Hall–Kier alpha value is -2.43. The van der Waals surface area contributed by atoms with Gasteiger partial charge in [-0.3, -0.25) is 14.6 Å². The molecule has 0 bridgehead atoms. The number of nitrogens with zero attached hydrogens (tertiary/aromatic N) is 3. The Labute approximate surface area is 135 Å². The van der Waals surface area contributed by atoms with Crippen molar-refractivity contribution in [1.29, 1.82) is 0 Å². The molecule has 0 atom stereocenters. The quantitative estimate of drug-likeness (QED) is 0.855. The molecule has 3 rings (SSSR count). The van der Waals surface area contributed by atoms with Crippen molar-refractivity contribution in [3.05, 3.63) is 42.2 Å². The van der Waals surface area contributed by atoms with Crippen LogP contribution in [-0.2, 0) is 4.79 Å². The highest BCUT2D eigenvalue weighted by molar-refractivity contribution is 6.05. The van der Waals surface area contributed by atoms with Gasteiger partial charge in [-0.05, 0) is 24.3 Å². The summed E-state index contributed by atoms with van der Waals surface area (Å²) in [6.07, 6.45) is 3.31. The highest BCUT2D eigenvalue weighted by Crippen LogP contribution is 2.21. The minimum atomic E-state index is -0.0225. The number of fused-ring (bicyclic) bond motifs is 1. The van der Waals surface area contributed by atoms with Crippen LogP contribution in [-0.4, -0.2) is 52.8 Å². The van der Waals surface area contributed by atoms with Crippen LogP contribution in [0.4, 0.5) is 0 Å². The molecule has 0 radical (unpaired) electrons. The van der Waals surface area contributed by atoms with Crippen LogP contribution >= 0.6 is 0 Å². The molecule has 0 N–H and O–H groups in total. The molecule has 2 heterocycles. The predicted molar refractivity (Wildman–Crippen MR) is 89.1 cm³/mol. The molecule has 1 aliphatic heterocycles. The smallest absolute Gasteiger partial charge is 0.273 e. The van der Waals surface area contributed by atoms with Crippen molar-refractivity contribution in [2.24, 2.45) is 0 Å².